The number of carboxylic acid groups (broad SMARTS) is 1. The van der Waals surface area contributed by atoms with E-state index in [1.54, 1.807) is 0 Å². The Labute approximate surface area is 101 Å². The molecule has 0 aliphatic rings. The van der Waals surface area contributed by atoms with Crippen molar-refractivity contribution in [2.75, 3.05) is 0 Å². The van der Waals surface area contributed by atoms with Crippen LogP contribution >= 0.6 is 47.4 Å². The molecule has 0 aromatic heterocycles. The molecule has 0 fully saturated rings. The highest BCUT2D eigenvalue weighted by atomic mass is 35.5. The van der Waals surface area contributed by atoms with Gasteiger partial charge in [-0.3, -0.25) is 4.79 Å². The van der Waals surface area contributed by atoms with Gasteiger partial charge in [0.25, 0.3) is 0 Å². The summed E-state index contributed by atoms with van der Waals surface area (Å²) in [4.78, 5) is 10.7. The number of hydrogen-bond donors (Lipinski definition) is 2. The van der Waals surface area contributed by atoms with Crippen molar-refractivity contribution in [3.05, 3.63) is 32.8 Å². The maximum atomic E-state index is 10.7. The van der Waals surface area contributed by atoms with E-state index in [9.17, 15) is 4.79 Å². The summed E-state index contributed by atoms with van der Waals surface area (Å²) in [5, 5.41) is 8.43. The first-order valence-electron chi connectivity index (χ1n) is 3.48. The van der Waals surface area contributed by atoms with Crippen molar-refractivity contribution in [2.24, 2.45) is 0 Å². The summed E-state index contributed by atoms with van der Waals surface area (Å²) in [6.45, 7) is 0. The Morgan fingerprint density at radius 3 is 2.07 bits per heavy atom. The third-order valence-electron chi connectivity index (χ3n) is 1.55. The molecule has 0 bridgehead atoms. The molecule has 1 unspecified atom stereocenters. The van der Waals surface area contributed by atoms with Crippen LogP contribution in [0.1, 0.15) is 10.8 Å². The van der Waals surface area contributed by atoms with Crippen molar-refractivity contribution < 1.29 is 9.90 Å². The fraction of sp³-hybridized carbons (Fsp3) is 0.125. The minimum absolute atomic E-state index is 0.199. The van der Waals surface area contributed by atoms with Crippen molar-refractivity contribution in [2.45, 2.75) is 5.25 Å². The van der Waals surface area contributed by atoms with Crippen LogP contribution in [0.2, 0.25) is 15.1 Å². The van der Waals surface area contributed by atoms with Crippen LogP contribution in [0.5, 0.6) is 0 Å². The number of rotatable bonds is 2. The molecule has 0 heterocycles. The molecule has 0 spiro atoms. The minimum atomic E-state index is -1.11. The molecule has 1 N–H and O–H groups in total. The van der Waals surface area contributed by atoms with Gasteiger partial charge in [-0.2, -0.15) is 12.6 Å². The zero-order chi connectivity index (χ0) is 10.9. The molecule has 0 radical (unpaired) electrons. The molecule has 0 saturated carbocycles. The Morgan fingerprint density at radius 1 is 1.29 bits per heavy atom. The third-order valence-corrected chi connectivity index (χ3v) is 2.87. The summed E-state index contributed by atoms with van der Waals surface area (Å²) in [5.74, 6) is -1.11. The summed E-state index contributed by atoms with van der Waals surface area (Å²) in [7, 11) is 0. The van der Waals surface area contributed by atoms with Gasteiger partial charge >= 0.3 is 5.97 Å². The molecule has 76 valence electrons. The summed E-state index contributed by atoms with van der Waals surface area (Å²) in [6.07, 6.45) is 0. The Hall–Kier alpha value is -0.0900. The van der Waals surface area contributed by atoms with Crippen LogP contribution in [0, 0.1) is 0 Å². The normalized spacial score (nSPS) is 12.6. The van der Waals surface area contributed by atoms with Gasteiger partial charge in [-0.05, 0) is 12.1 Å². The van der Waals surface area contributed by atoms with Crippen LogP contribution in [-0.4, -0.2) is 11.1 Å². The number of halogens is 3. The predicted octanol–water partition coefficient (Wildman–Crippen LogP) is 3.70. The number of benzene rings is 1. The van der Waals surface area contributed by atoms with Crippen LogP contribution in [0.3, 0.4) is 0 Å². The van der Waals surface area contributed by atoms with E-state index in [0.29, 0.717) is 5.02 Å². The topological polar surface area (TPSA) is 37.3 Å². The molecule has 0 saturated heterocycles. The lowest BCUT2D eigenvalue weighted by molar-refractivity contribution is -0.136. The second-order valence-corrected chi connectivity index (χ2v) is 4.29. The highest BCUT2D eigenvalue weighted by Crippen LogP contribution is 2.36. The first-order chi connectivity index (χ1) is 6.43. The summed E-state index contributed by atoms with van der Waals surface area (Å²) in [5.41, 5.74) is 0.258. The smallest absolute Gasteiger partial charge is 0.321 e. The van der Waals surface area contributed by atoms with E-state index in [1.807, 2.05) is 0 Å². The Morgan fingerprint density at radius 2 is 1.71 bits per heavy atom. The van der Waals surface area contributed by atoms with Gasteiger partial charge in [0.2, 0.25) is 0 Å². The standard InChI is InChI=1S/C8H5Cl3O2S/c9-3-1-4(10)6(5(11)2-3)7(14)8(12)13/h1-2,7,14H,(H,12,13). The number of carboxylic acids is 1. The molecular weight excluding hydrogens is 267 g/mol. The first kappa shape index (κ1) is 12.0. The fourth-order valence-corrected chi connectivity index (χ4v) is 2.40. The van der Waals surface area contributed by atoms with Gasteiger partial charge in [0.15, 0.2) is 0 Å². The quantitative estimate of drug-likeness (QED) is 0.805. The zero-order valence-corrected chi connectivity index (χ0v) is 9.83. The Balaban J connectivity index is 3.27. The van der Waals surface area contributed by atoms with Crippen LogP contribution in [0.25, 0.3) is 0 Å². The fourth-order valence-electron chi connectivity index (χ4n) is 0.938. The van der Waals surface area contributed by atoms with Crippen LogP contribution in [0.15, 0.2) is 12.1 Å². The predicted molar refractivity (Wildman–Crippen MR) is 60.8 cm³/mol. The number of thiol groups is 1. The monoisotopic (exact) mass is 270 g/mol. The molecule has 0 amide bonds. The lowest BCUT2D eigenvalue weighted by Crippen LogP contribution is -2.06. The summed E-state index contributed by atoms with van der Waals surface area (Å²) < 4.78 is 0. The van der Waals surface area contributed by atoms with Gasteiger partial charge in [-0.1, -0.05) is 34.8 Å². The summed E-state index contributed by atoms with van der Waals surface area (Å²) >= 11 is 21.1. The van der Waals surface area contributed by atoms with Gasteiger partial charge < -0.3 is 5.11 Å². The first-order valence-corrected chi connectivity index (χ1v) is 5.14. The second kappa shape index (κ2) is 4.62. The molecule has 1 aromatic rings. The highest BCUT2D eigenvalue weighted by Gasteiger charge is 2.21. The van der Waals surface area contributed by atoms with Crippen molar-refractivity contribution in [3.63, 3.8) is 0 Å². The van der Waals surface area contributed by atoms with Gasteiger partial charge in [0, 0.05) is 20.6 Å². The average Bonchev–Trinajstić information content (AvgIpc) is 2.01. The van der Waals surface area contributed by atoms with Gasteiger partial charge in [0.1, 0.15) is 5.25 Å². The van der Waals surface area contributed by atoms with Crippen LogP contribution in [0.4, 0.5) is 0 Å². The average molecular weight is 272 g/mol. The lowest BCUT2D eigenvalue weighted by Gasteiger charge is -2.10. The van der Waals surface area contributed by atoms with E-state index in [1.165, 1.54) is 12.1 Å². The van der Waals surface area contributed by atoms with E-state index in [-0.39, 0.29) is 15.6 Å². The van der Waals surface area contributed by atoms with Gasteiger partial charge in [-0.25, -0.2) is 0 Å². The molecule has 0 aliphatic heterocycles. The largest absolute Gasteiger partial charge is 0.480 e. The van der Waals surface area contributed by atoms with E-state index in [0.717, 1.165) is 0 Å². The number of carbonyl (C=O) groups is 1. The minimum Gasteiger partial charge on any atom is -0.480 e. The van der Waals surface area contributed by atoms with Crippen molar-refractivity contribution in [1.82, 2.24) is 0 Å². The van der Waals surface area contributed by atoms with Crippen molar-refractivity contribution in [3.8, 4) is 0 Å². The highest BCUT2D eigenvalue weighted by molar-refractivity contribution is 7.81. The number of hydrogen-bond acceptors (Lipinski definition) is 2. The van der Waals surface area contributed by atoms with Gasteiger partial charge in [-0.15, -0.1) is 0 Å². The van der Waals surface area contributed by atoms with E-state index >= 15 is 0 Å². The van der Waals surface area contributed by atoms with Crippen LogP contribution < -0.4 is 0 Å². The van der Waals surface area contributed by atoms with E-state index in [2.05, 4.69) is 12.6 Å². The molecule has 2 nitrogen and oxygen atoms in total. The molecule has 1 atom stereocenters. The van der Waals surface area contributed by atoms with Gasteiger partial charge in [0.05, 0.1) is 0 Å². The van der Waals surface area contributed by atoms with Crippen molar-refractivity contribution in [1.29, 1.82) is 0 Å². The molecule has 1 aromatic carbocycles. The lowest BCUT2D eigenvalue weighted by atomic mass is 10.1. The summed E-state index contributed by atoms with van der Waals surface area (Å²) in [6, 6.07) is 2.85. The number of aliphatic carboxylic acids is 1. The van der Waals surface area contributed by atoms with E-state index in [4.69, 9.17) is 39.9 Å². The maximum Gasteiger partial charge on any atom is 0.321 e. The Bertz CT molecular complexity index is 358. The molecule has 1 rings (SSSR count). The van der Waals surface area contributed by atoms with Crippen molar-refractivity contribution >= 4 is 53.4 Å². The van der Waals surface area contributed by atoms with E-state index < -0.39 is 11.2 Å². The third kappa shape index (κ3) is 2.48. The molecule has 0 aliphatic carbocycles. The molecule has 6 heteroatoms. The zero-order valence-electron chi connectivity index (χ0n) is 6.67. The maximum absolute atomic E-state index is 10.7. The molecule has 14 heavy (non-hydrogen) atoms. The van der Waals surface area contributed by atoms with Crippen LogP contribution in [-0.2, 0) is 4.79 Å². The SMILES string of the molecule is O=C(O)C(S)c1c(Cl)cc(Cl)cc1Cl. The molecular formula is C8H5Cl3O2S. The second-order valence-electron chi connectivity index (χ2n) is 2.52. The Kier molecular flexibility index (Phi) is 3.95.